The molecule has 0 bridgehead atoms. The van der Waals surface area contributed by atoms with Gasteiger partial charge < -0.3 is 72.5 Å². The van der Waals surface area contributed by atoms with Gasteiger partial charge in [0.25, 0.3) is 0 Å². The number of carboxylic acid groups (broad SMARTS) is 6. The van der Waals surface area contributed by atoms with Crippen LogP contribution in [0.4, 0.5) is 11.4 Å². The van der Waals surface area contributed by atoms with E-state index in [-0.39, 0.29) is 88.9 Å². The summed E-state index contributed by atoms with van der Waals surface area (Å²) in [5.41, 5.74) is 11.1. The summed E-state index contributed by atoms with van der Waals surface area (Å²) < 4.78 is 19.8. The minimum Gasteiger partial charge on any atom is -0.493 e. The minimum absolute atomic E-state index is 0.115. The van der Waals surface area contributed by atoms with Gasteiger partial charge in [-0.1, -0.05) is 159 Å². The molecule has 0 fully saturated rings. The standard InChI is InChI=1S/C21H14Cl2N2O3.C19H11Cl2NO4.C18H11Cl2N3O3.2C17H14ClNO3.C16H12ClNO4/c22-16-9-8-15-20(19(16)23)25(11-18(26)27)17-10-13(6-7-14(17)21(15)28)24-12-4-2-1-3-5-12;20-14-4-3-13-18(17(14)21)22(8-16(23)24)15-7-10(11-5-6-26-9-11)1-2-12(15)19(13)25;19-12-4-3-11-17(16(12)20)23(8-15(24)25)14-7-9(13-5-6-21-22-13)1-2-10(14)18(11)26;2*1-9-3-5-12-14(7-9)19(10(2)17(21)22)15-8-11(18)4-6-13(15)16(12)20;1-22-16-11(17)7-6-10-14(16)18(8-13(19)20)12-5-3-2-4-9(12)15(10)21/h1-10,24H,11H2,(H,26,27);1-7,9H,8H2,(H,23,24);1-7H,8H2,(H,21,22)(H,24,25);2*3-8,10H,1-2H3,(H,21,22);2-7H,8H2,1H3,(H,19,20)/t;;;2*10-;/m...10./s1. The highest BCUT2D eigenvalue weighted by Crippen LogP contribution is 2.41. The molecule has 8 N–H and O–H groups in total. The molecule has 146 heavy (non-hydrogen) atoms. The topological polar surface area (TPSA) is 419 Å². The van der Waals surface area contributed by atoms with Crippen LogP contribution in [0.2, 0.25) is 45.2 Å². The Morgan fingerprint density at radius 2 is 0.699 bits per heavy atom. The van der Waals surface area contributed by atoms with Crippen molar-refractivity contribution in [1.29, 1.82) is 0 Å². The van der Waals surface area contributed by atoms with E-state index in [9.17, 15) is 88.2 Å². The lowest BCUT2D eigenvalue weighted by Crippen LogP contribution is -2.20. The molecule has 29 nitrogen and oxygen atoms in total. The predicted molar refractivity (Wildman–Crippen MR) is 576 cm³/mol. The summed E-state index contributed by atoms with van der Waals surface area (Å²) in [5.74, 6) is -5.81. The zero-order chi connectivity index (χ0) is 105. The van der Waals surface area contributed by atoms with Gasteiger partial charge in [0.05, 0.1) is 132 Å². The first-order valence-corrected chi connectivity index (χ1v) is 47.4. The molecular weight excluding hydrogens is 2060 g/mol. The van der Waals surface area contributed by atoms with Gasteiger partial charge in [-0.3, -0.25) is 53.0 Å². The highest BCUT2D eigenvalue weighted by molar-refractivity contribution is 6.47. The molecule has 0 radical (unpaired) electrons. The molecule has 2 atom stereocenters. The van der Waals surface area contributed by atoms with E-state index in [0.29, 0.717) is 152 Å². The minimum atomic E-state index is -1.06. The molecule has 8 aromatic heterocycles. The van der Waals surface area contributed by atoms with Crippen LogP contribution >= 0.6 is 104 Å². The van der Waals surface area contributed by atoms with Crippen molar-refractivity contribution in [2.45, 2.75) is 66.0 Å². The van der Waals surface area contributed by atoms with Crippen LogP contribution in [-0.2, 0) is 54.9 Å². The number of pyridine rings is 6. The molecule has 0 amide bonds. The van der Waals surface area contributed by atoms with Crippen molar-refractivity contribution in [3.63, 3.8) is 0 Å². The molecule has 736 valence electrons. The number of benzene rings is 13. The molecular formula is C108H76Cl9N9O20. The van der Waals surface area contributed by atoms with Gasteiger partial charge in [0.15, 0.2) is 38.3 Å². The van der Waals surface area contributed by atoms with Gasteiger partial charge in [0.1, 0.15) is 38.3 Å². The van der Waals surface area contributed by atoms with E-state index < -0.39 is 47.9 Å². The van der Waals surface area contributed by atoms with Crippen molar-refractivity contribution in [2.75, 3.05) is 12.4 Å². The number of para-hydroxylation sites is 2. The number of ether oxygens (including phenoxy) is 1. The van der Waals surface area contributed by atoms with E-state index in [4.69, 9.17) is 114 Å². The summed E-state index contributed by atoms with van der Waals surface area (Å²) in [5, 5.41) is 73.7. The zero-order valence-electron chi connectivity index (χ0n) is 76.7. The molecule has 0 unspecified atom stereocenters. The van der Waals surface area contributed by atoms with E-state index >= 15 is 0 Å². The number of furan rings is 1. The number of fused-ring (bicyclic) bond motifs is 12. The third-order valence-corrected chi connectivity index (χ3v) is 27.4. The van der Waals surface area contributed by atoms with Gasteiger partial charge in [0.2, 0.25) is 0 Å². The summed E-state index contributed by atoms with van der Waals surface area (Å²) in [6, 6.07) is 67.1. The number of hydrogen-bond acceptors (Lipinski definition) is 16. The normalized spacial score (nSPS) is 11.6. The fourth-order valence-corrected chi connectivity index (χ4v) is 19.4. The number of aryl methyl sites for hydroxylation is 2. The number of aliphatic carboxylic acids is 6. The first-order chi connectivity index (χ1) is 69.7. The van der Waals surface area contributed by atoms with Crippen LogP contribution in [0.3, 0.4) is 0 Å². The number of carbonyl (C=O) groups is 6. The molecule has 21 rings (SSSR count). The first-order valence-electron chi connectivity index (χ1n) is 44.0. The lowest BCUT2D eigenvalue weighted by atomic mass is 10.0. The third kappa shape index (κ3) is 20.5. The summed E-state index contributed by atoms with van der Waals surface area (Å²) in [6.45, 7) is 5.62. The molecule has 38 heteroatoms. The highest BCUT2D eigenvalue weighted by Gasteiger charge is 2.28. The number of H-pyrrole nitrogens is 1. The lowest BCUT2D eigenvalue weighted by Gasteiger charge is -2.19. The zero-order valence-corrected chi connectivity index (χ0v) is 83.5. The highest BCUT2D eigenvalue weighted by atomic mass is 35.5. The smallest absolute Gasteiger partial charge is 0.326 e. The van der Waals surface area contributed by atoms with Gasteiger partial charge in [-0.2, -0.15) is 5.10 Å². The van der Waals surface area contributed by atoms with Crippen molar-refractivity contribution in [1.82, 2.24) is 37.6 Å². The van der Waals surface area contributed by atoms with Gasteiger partial charge in [-0.25, -0.2) is 9.59 Å². The maximum atomic E-state index is 13.0. The number of aromatic amines is 1. The number of nitrogens with one attached hydrogen (secondary N) is 2. The average Bonchev–Trinajstić information content (AvgIpc) is 0.956. The number of hydrogen-bond donors (Lipinski definition) is 8. The Balaban J connectivity index is 0.000000126. The molecule has 8 heterocycles. The molecule has 0 aliphatic rings. The van der Waals surface area contributed by atoms with Crippen molar-refractivity contribution < 1.29 is 68.6 Å². The predicted octanol–water partition coefficient (Wildman–Crippen LogP) is 24.5. The summed E-state index contributed by atoms with van der Waals surface area (Å²) in [4.78, 5) is 145. The molecule has 0 saturated carbocycles. The fourth-order valence-electron chi connectivity index (χ4n) is 17.6. The Hall–Kier alpha value is -15.8. The van der Waals surface area contributed by atoms with Gasteiger partial charge >= 0.3 is 35.8 Å². The molecule has 13 aromatic carbocycles. The largest absolute Gasteiger partial charge is 0.493 e. The Kier molecular flexibility index (Phi) is 30.4. The van der Waals surface area contributed by atoms with E-state index in [2.05, 4.69) is 15.5 Å². The SMILES string of the molecule is COc1c(Cl)ccc2c(=O)c3ccccc3n(CC(=O)O)c12.Cc1ccc2c(=O)c3ccc(Cl)cc3n([C@@H](C)C(=O)O)c2c1.Cc1ccc2c(=O)c3ccc(Cl)cc3n([C@H](C)C(=O)O)c2c1.O=C(O)Cn1c2cc(-c3ccn[nH]3)ccc2c(=O)c2ccc(Cl)c(Cl)c21.O=C(O)Cn1c2cc(-c3ccoc3)ccc2c(=O)c2ccc(Cl)c(Cl)c21.O=C(O)Cn1c2cc(Nc3ccccc3)ccc2c(=O)c2ccc(Cl)c(Cl)c21. The number of anilines is 2. The number of methoxy groups -OCH3 is 1. The van der Waals surface area contributed by atoms with Crippen LogP contribution in [0.5, 0.6) is 5.75 Å². The summed E-state index contributed by atoms with van der Waals surface area (Å²) in [6.07, 6.45) is 4.73. The van der Waals surface area contributed by atoms with Gasteiger partial charge in [-0.05, 0) is 232 Å². The molecule has 0 aliphatic heterocycles. The fraction of sp³-hybridized carbons (Fsp3) is 0.102. The Morgan fingerprint density at radius 3 is 1.11 bits per heavy atom. The lowest BCUT2D eigenvalue weighted by molar-refractivity contribution is -0.141. The number of rotatable bonds is 17. The summed E-state index contributed by atoms with van der Waals surface area (Å²) >= 11 is 55.6. The monoisotopic (exact) mass is 2130 g/mol. The van der Waals surface area contributed by atoms with Crippen LogP contribution in [0.25, 0.3) is 153 Å². The van der Waals surface area contributed by atoms with Crippen LogP contribution in [-0.4, -0.2) is 111 Å². The summed E-state index contributed by atoms with van der Waals surface area (Å²) in [7, 11) is 1.44. The van der Waals surface area contributed by atoms with E-state index in [1.807, 2.05) is 68.4 Å². The Labute approximate surface area is 867 Å². The Morgan fingerprint density at radius 1 is 0.349 bits per heavy atom. The van der Waals surface area contributed by atoms with Gasteiger partial charge in [-0.15, -0.1) is 0 Å². The first kappa shape index (κ1) is 103. The van der Waals surface area contributed by atoms with Crippen LogP contribution in [0.1, 0.15) is 37.1 Å². The number of halogens is 9. The average molecular weight is 2140 g/mol. The van der Waals surface area contributed by atoms with Crippen molar-refractivity contribution >= 4 is 282 Å². The van der Waals surface area contributed by atoms with Crippen LogP contribution in [0, 0.1) is 13.8 Å². The second-order valence-corrected chi connectivity index (χ2v) is 37.1. The number of carboxylic acids is 6. The van der Waals surface area contributed by atoms with Crippen molar-refractivity contribution in [2.24, 2.45) is 0 Å². The number of aromatic nitrogens is 8. The third-order valence-electron chi connectivity index (χ3n) is 24.2. The van der Waals surface area contributed by atoms with E-state index in [1.54, 1.807) is 216 Å². The molecule has 0 spiro atoms. The second kappa shape index (κ2) is 43.0. The quantitative estimate of drug-likeness (QED) is 0.0392. The van der Waals surface area contributed by atoms with Gasteiger partial charge in [0, 0.05) is 98.0 Å². The second-order valence-electron chi connectivity index (χ2n) is 33.5. The van der Waals surface area contributed by atoms with E-state index in [1.165, 1.54) is 39.0 Å². The molecule has 0 saturated heterocycles. The molecule has 21 aromatic rings. The maximum Gasteiger partial charge on any atom is 0.326 e. The number of nitrogens with zero attached hydrogens (tertiary/aromatic N) is 7. The van der Waals surface area contributed by atoms with Crippen LogP contribution < -0.4 is 42.6 Å². The Bertz CT molecular complexity index is 8930. The van der Waals surface area contributed by atoms with Crippen LogP contribution in [0.15, 0.2) is 295 Å². The van der Waals surface area contributed by atoms with Crippen molar-refractivity contribution in [3.8, 4) is 28.1 Å². The maximum absolute atomic E-state index is 13.0. The van der Waals surface area contributed by atoms with E-state index in [0.717, 1.165) is 44.9 Å². The van der Waals surface area contributed by atoms with Crippen molar-refractivity contribution in [3.05, 3.63) is 379 Å². The molecule has 0 aliphatic carbocycles.